The summed E-state index contributed by atoms with van der Waals surface area (Å²) in [6, 6.07) is 7.03. The zero-order chi connectivity index (χ0) is 22.7. The standard InChI is InChI=1S/C19H17F4N5O3/c1-27-9-12(8-24-27)28-19(31)13(18(30)25-17(23)15(29)16(21)22)6-14(26-28)11-4-2-10(7-20)3-5-11/h2-6,8-9,15-17,29H,7H2,1H3,(H,25,30)/t15-,17?/m1/s1. The molecule has 12 heteroatoms. The minimum atomic E-state index is -3.44. The first kappa shape index (κ1) is 22.2. The van der Waals surface area contributed by atoms with Crippen LogP contribution in [-0.4, -0.2) is 49.4 Å². The van der Waals surface area contributed by atoms with E-state index in [1.807, 2.05) is 0 Å². The number of amides is 1. The van der Waals surface area contributed by atoms with Gasteiger partial charge >= 0.3 is 0 Å². The lowest BCUT2D eigenvalue weighted by atomic mass is 10.1. The fraction of sp³-hybridized carbons (Fsp3) is 0.263. The molecule has 0 spiro atoms. The third-order valence-corrected chi connectivity index (χ3v) is 4.32. The molecule has 0 saturated carbocycles. The van der Waals surface area contributed by atoms with E-state index in [1.165, 1.54) is 41.3 Å². The van der Waals surface area contributed by atoms with Crippen LogP contribution in [0.15, 0.2) is 47.5 Å². The number of alkyl halides is 4. The molecule has 2 atom stereocenters. The Kier molecular flexibility index (Phi) is 6.49. The molecule has 2 heterocycles. The first-order valence-corrected chi connectivity index (χ1v) is 8.91. The zero-order valence-corrected chi connectivity index (χ0v) is 16.0. The highest BCUT2D eigenvalue weighted by molar-refractivity contribution is 5.95. The van der Waals surface area contributed by atoms with Crippen molar-refractivity contribution < 1.29 is 27.5 Å². The molecule has 2 N–H and O–H groups in total. The van der Waals surface area contributed by atoms with Crippen molar-refractivity contribution in [2.45, 2.75) is 25.5 Å². The summed E-state index contributed by atoms with van der Waals surface area (Å²) in [5, 5.41) is 18.8. The van der Waals surface area contributed by atoms with Crippen LogP contribution >= 0.6 is 0 Å². The molecule has 31 heavy (non-hydrogen) atoms. The van der Waals surface area contributed by atoms with E-state index in [0.29, 0.717) is 11.1 Å². The SMILES string of the molecule is Cn1cc(-n2nc(-c3ccc(CF)cc3)cc(C(=O)NC(F)[C@H](O)C(F)F)c2=O)cn1. The Labute approximate surface area is 172 Å². The first-order valence-electron chi connectivity index (χ1n) is 8.91. The van der Waals surface area contributed by atoms with Crippen LogP contribution in [-0.2, 0) is 13.7 Å². The number of rotatable bonds is 7. The maximum Gasteiger partial charge on any atom is 0.284 e. The van der Waals surface area contributed by atoms with Gasteiger partial charge in [-0.1, -0.05) is 24.3 Å². The zero-order valence-electron chi connectivity index (χ0n) is 16.0. The Balaban J connectivity index is 2.08. The number of aliphatic hydroxyl groups excluding tert-OH is 1. The molecule has 8 nitrogen and oxygen atoms in total. The van der Waals surface area contributed by atoms with Crippen molar-refractivity contribution in [3.05, 3.63) is 64.2 Å². The average Bonchev–Trinajstić information content (AvgIpc) is 3.19. The number of nitrogens with zero attached hydrogens (tertiary/aromatic N) is 4. The number of carbonyl (C=O) groups is 1. The first-order chi connectivity index (χ1) is 14.7. The van der Waals surface area contributed by atoms with Gasteiger partial charge in [-0.2, -0.15) is 14.9 Å². The molecule has 0 saturated heterocycles. The van der Waals surface area contributed by atoms with Crippen LogP contribution in [0.2, 0.25) is 0 Å². The molecule has 164 valence electrons. The molecule has 1 unspecified atom stereocenters. The van der Waals surface area contributed by atoms with Crippen LogP contribution in [0.25, 0.3) is 16.9 Å². The second-order valence-corrected chi connectivity index (χ2v) is 6.56. The highest BCUT2D eigenvalue weighted by atomic mass is 19.3. The Hall–Kier alpha value is -3.54. The molecular weight excluding hydrogens is 422 g/mol. The van der Waals surface area contributed by atoms with Crippen LogP contribution in [0.5, 0.6) is 0 Å². The number of halogens is 4. The van der Waals surface area contributed by atoms with Gasteiger partial charge in [0, 0.05) is 12.6 Å². The maximum absolute atomic E-state index is 13.8. The number of aliphatic hydroxyl groups is 1. The smallest absolute Gasteiger partial charge is 0.284 e. The maximum atomic E-state index is 13.8. The number of aryl methyl sites for hydroxylation is 1. The van der Waals surface area contributed by atoms with Crippen LogP contribution in [0.4, 0.5) is 17.6 Å². The fourth-order valence-corrected chi connectivity index (χ4v) is 2.67. The summed E-state index contributed by atoms with van der Waals surface area (Å²) >= 11 is 0. The van der Waals surface area contributed by atoms with Crippen LogP contribution in [0.1, 0.15) is 15.9 Å². The van der Waals surface area contributed by atoms with Crippen LogP contribution in [0.3, 0.4) is 0 Å². The van der Waals surface area contributed by atoms with Gasteiger partial charge in [0.2, 0.25) is 6.30 Å². The van der Waals surface area contributed by atoms with Gasteiger partial charge < -0.3 is 10.4 Å². The molecule has 1 amide bonds. The van der Waals surface area contributed by atoms with Gasteiger partial charge in [-0.25, -0.2) is 17.6 Å². The monoisotopic (exact) mass is 439 g/mol. The van der Waals surface area contributed by atoms with Crippen LogP contribution in [0, 0.1) is 0 Å². The quantitative estimate of drug-likeness (QED) is 0.432. The minimum absolute atomic E-state index is 0.101. The van der Waals surface area contributed by atoms with Crippen molar-refractivity contribution in [2.24, 2.45) is 7.05 Å². The highest BCUT2D eigenvalue weighted by Crippen LogP contribution is 2.19. The highest BCUT2D eigenvalue weighted by Gasteiger charge is 2.30. The Morgan fingerprint density at radius 2 is 1.90 bits per heavy atom. The Morgan fingerprint density at radius 3 is 2.45 bits per heavy atom. The summed E-state index contributed by atoms with van der Waals surface area (Å²) in [6.45, 7) is -0.694. The largest absolute Gasteiger partial charge is 0.382 e. The molecule has 3 rings (SSSR count). The minimum Gasteiger partial charge on any atom is -0.382 e. The topological polar surface area (TPSA) is 102 Å². The summed E-state index contributed by atoms with van der Waals surface area (Å²) in [4.78, 5) is 25.3. The second kappa shape index (κ2) is 9.08. The van der Waals surface area contributed by atoms with Crippen molar-refractivity contribution in [1.29, 1.82) is 0 Å². The molecule has 0 bridgehead atoms. The summed E-state index contributed by atoms with van der Waals surface area (Å²) in [7, 11) is 1.58. The van der Waals surface area contributed by atoms with Gasteiger partial charge in [0.1, 0.15) is 17.9 Å². The number of hydrogen-bond donors (Lipinski definition) is 2. The van der Waals surface area contributed by atoms with E-state index in [4.69, 9.17) is 5.11 Å². The molecule has 2 aromatic heterocycles. The lowest BCUT2D eigenvalue weighted by Gasteiger charge is -2.16. The molecule has 0 aliphatic carbocycles. The predicted molar refractivity (Wildman–Crippen MR) is 101 cm³/mol. The number of carbonyl (C=O) groups excluding carboxylic acids is 1. The third-order valence-electron chi connectivity index (χ3n) is 4.32. The lowest BCUT2D eigenvalue weighted by Crippen LogP contribution is -2.45. The van der Waals surface area contributed by atoms with Crippen LogP contribution < -0.4 is 10.9 Å². The van der Waals surface area contributed by atoms with E-state index >= 15 is 0 Å². The second-order valence-electron chi connectivity index (χ2n) is 6.56. The van der Waals surface area contributed by atoms with Crippen molar-refractivity contribution in [1.82, 2.24) is 24.9 Å². The van der Waals surface area contributed by atoms with Gasteiger partial charge in [0.05, 0.1) is 18.1 Å². The molecule has 3 aromatic rings. The van der Waals surface area contributed by atoms with E-state index < -0.39 is 42.5 Å². The van der Waals surface area contributed by atoms with Gasteiger partial charge in [-0.15, -0.1) is 0 Å². The van der Waals surface area contributed by atoms with E-state index in [2.05, 4.69) is 10.2 Å². The fourth-order valence-electron chi connectivity index (χ4n) is 2.67. The van der Waals surface area contributed by atoms with E-state index in [9.17, 15) is 27.2 Å². The van der Waals surface area contributed by atoms with Gasteiger partial charge in [0.15, 0.2) is 6.10 Å². The van der Waals surface area contributed by atoms with Crippen molar-refractivity contribution in [3.63, 3.8) is 0 Å². The predicted octanol–water partition coefficient (Wildman–Crippen LogP) is 1.75. The van der Waals surface area contributed by atoms with Gasteiger partial charge in [0.25, 0.3) is 17.9 Å². The molecule has 0 fully saturated rings. The molecule has 0 aliphatic heterocycles. The summed E-state index contributed by atoms with van der Waals surface area (Å²) in [6.07, 6.45) is -6.28. The molecular formula is C19H17F4N5O3. The van der Waals surface area contributed by atoms with Crippen molar-refractivity contribution >= 4 is 5.91 Å². The molecule has 0 radical (unpaired) electrons. The van der Waals surface area contributed by atoms with Gasteiger partial charge in [-0.3, -0.25) is 14.3 Å². The van der Waals surface area contributed by atoms with Gasteiger partial charge in [-0.05, 0) is 11.6 Å². The normalized spacial score (nSPS) is 13.3. The number of aromatic nitrogens is 4. The summed E-state index contributed by atoms with van der Waals surface area (Å²) in [5.41, 5.74) is -0.477. The number of hydrogen-bond acceptors (Lipinski definition) is 5. The Morgan fingerprint density at radius 1 is 1.23 bits per heavy atom. The lowest BCUT2D eigenvalue weighted by molar-refractivity contribution is -0.0551. The van der Waals surface area contributed by atoms with E-state index in [1.54, 1.807) is 12.4 Å². The Bertz CT molecular complexity index is 1130. The van der Waals surface area contributed by atoms with Crippen molar-refractivity contribution in [2.75, 3.05) is 0 Å². The summed E-state index contributed by atoms with van der Waals surface area (Å²) < 4.78 is 53.8. The molecule has 1 aromatic carbocycles. The molecule has 0 aliphatic rings. The third kappa shape index (κ3) is 4.79. The van der Waals surface area contributed by atoms with E-state index in [-0.39, 0.29) is 11.4 Å². The van der Waals surface area contributed by atoms with Crippen molar-refractivity contribution in [3.8, 4) is 16.9 Å². The summed E-state index contributed by atoms with van der Waals surface area (Å²) in [5.74, 6) is -1.32. The van der Waals surface area contributed by atoms with E-state index in [0.717, 1.165) is 10.7 Å². The number of nitrogens with one attached hydrogen (secondary N) is 1. The average molecular weight is 439 g/mol. The number of benzene rings is 1.